The van der Waals surface area contributed by atoms with Crippen LogP contribution in [-0.2, 0) is 0 Å². The molecule has 0 saturated carbocycles. The van der Waals surface area contributed by atoms with E-state index in [1.54, 1.807) is 0 Å². The Hall–Kier alpha value is -1.06. The molecule has 0 amide bonds. The van der Waals surface area contributed by atoms with Crippen LogP contribution in [0.5, 0.6) is 5.75 Å². The lowest BCUT2D eigenvalue weighted by molar-refractivity contribution is -0.275. The zero-order chi connectivity index (χ0) is 12.5. The molecule has 0 fully saturated rings. The van der Waals surface area contributed by atoms with Crippen molar-refractivity contribution < 1.29 is 27.8 Å². The molecule has 0 radical (unpaired) electrons. The van der Waals surface area contributed by atoms with Gasteiger partial charge >= 0.3 is 12.3 Å². The van der Waals surface area contributed by atoms with Crippen LogP contribution in [0.3, 0.4) is 0 Å². The third-order valence-electron chi connectivity index (χ3n) is 1.55. The Labute approximate surface area is 102 Å². The van der Waals surface area contributed by atoms with Crippen molar-refractivity contribution in [3.8, 4) is 5.75 Å². The predicted octanol–water partition coefficient (Wildman–Crippen LogP) is 2.59. The largest absolute Gasteiger partial charge is 0.573 e. The van der Waals surface area contributed by atoms with Crippen molar-refractivity contribution >= 4 is 28.6 Å². The normalized spacial score (nSPS) is 11.3. The number of nitrogens with zero attached hydrogens (tertiary/aromatic N) is 1. The number of carboxylic acids is 1. The van der Waals surface area contributed by atoms with E-state index in [-0.39, 0.29) is 15.0 Å². The summed E-state index contributed by atoms with van der Waals surface area (Å²) >= 11 is 1.49. The van der Waals surface area contributed by atoms with Crippen LogP contribution in [-0.4, -0.2) is 22.4 Å². The van der Waals surface area contributed by atoms with Gasteiger partial charge in [-0.2, -0.15) is 0 Å². The van der Waals surface area contributed by atoms with Crippen molar-refractivity contribution in [3.63, 3.8) is 0 Å². The van der Waals surface area contributed by atoms with Crippen molar-refractivity contribution in [1.29, 1.82) is 0 Å². The Balaban J connectivity index is 3.18. The molecule has 0 bridgehead atoms. The van der Waals surface area contributed by atoms with E-state index >= 15 is 0 Å². The smallest absolute Gasteiger partial charge is 0.477 e. The summed E-state index contributed by atoms with van der Waals surface area (Å²) in [6.45, 7) is 1.32. The molecule has 8 heteroatoms. The van der Waals surface area contributed by atoms with E-state index in [1.807, 2.05) is 0 Å². The van der Waals surface area contributed by atoms with Gasteiger partial charge in [-0.05, 0) is 41.1 Å². The van der Waals surface area contributed by atoms with Gasteiger partial charge in [0.1, 0.15) is 9.39 Å². The number of carboxylic acid groups (broad SMARTS) is 1. The Kier molecular flexibility index (Phi) is 3.61. The van der Waals surface area contributed by atoms with Gasteiger partial charge in [0.2, 0.25) is 0 Å². The van der Waals surface area contributed by atoms with Gasteiger partial charge in [0.05, 0.1) is 0 Å². The molecule has 0 saturated heterocycles. The number of aromatic nitrogens is 1. The van der Waals surface area contributed by atoms with Crippen LogP contribution < -0.4 is 4.74 Å². The van der Waals surface area contributed by atoms with Crippen LogP contribution in [0.2, 0.25) is 0 Å². The van der Waals surface area contributed by atoms with Crippen LogP contribution >= 0.6 is 22.6 Å². The topological polar surface area (TPSA) is 59.4 Å². The van der Waals surface area contributed by atoms with Crippen LogP contribution in [0, 0.1) is 10.6 Å². The van der Waals surface area contributed by atoms with E-state index in [9.17, 15) is 18.0 Å². The highest BCUT2D eigenvalue weighted by Crippen LogP contribution is 2.30. The quantitative estimate of drug-likeness (QED) is 0.660. The summed E-state index contributed by atoms with van der Waals surface area (Å²) in [6.07, 6.45) is -4.82. The second-order valence-corrected chi connectivity index (χ2v) is 3.82. The summed E-state index contributed by atoms with van der Waals surface area (Å²) in [5, 5.41) is 8.63. The molecule has 1 aromatic rings. The fourth-order valence-corrected chi connectivity index (χ4v) is 1.77. The molecule has 88 valence electrons. The zero-order valence-electron chi connectivity index (χ0n) is 7.80. The number of aryl methyl sites for hydroxylation is 1. The lowest BCUT2D eigenvalue weighted by Gasteiger charge is -2.12. The monoisotopic (exact) mass is 347 g/mol. The Bertz CT molecular complexity index is 410. The van der Waals surface area contributed by atoms with Crippen LogP contribution in [0.4, 0.5) is 13.2 Å². The molecule has 0 aliphatic carbocycles. The van der Waals surface area contributed by atoms with Gasteiger partial charge in [-0.3, -0.25) is 0 Å². The fourth-order valence-electron chi connectivity index (χ4n) is 0.970. The highest BCUT2D eigenvalue weighted by Gasteiger charge is 2.33. The average Bonchev–Trinajstić information content (AvgIpc) is 2.09. The third-order valence-corrected chi connectivity index (χ3v) is 2.29. The second-order valence-electron chi connectivity index (χ2n) is 2.80. The first kappa shape index (κ1) is 13.0. The van der Waals surface area contributed by atoms with Crippen LogP contribution in [0.15, 0.2) is 6.07 Å². The molecular formula is C8H5F3INO3. The van der Waals surface area contributed by atoms with Crippen molar-refractivity contribution in [1.82, 2.24) is 4.98 Å². The van der Waals surface area contributed by atoms with Crippen LogP contribution in [0.1, 0.15) is 16.1 Å². The molecular weight excluding hydrogens is 342 g/mol. The Morgan fingerprint density at radius 1 is 1.56 bits per heavy atom. The van der Waals surface area contributed by atoms with Crippen molar-refractivity contribution in [2.75, 3.05) is 0 Å². The number of hydrogen-bond acceptors (Lipinski definition) is 3. The summed E-state index contributed by atoms with van der Waals surface area (Å²) in [7, 11) is 0. The number of alkyl halides is 3. The number of carbonyl (C=O) groups is 1. The number of hydrogen-bond donors (Lipinski definition) is 1. The average molecular weight is 347 g/mol. The minimum atomic E-state index is -4.82. The van der Waals surface area contributed by atoms with E-state index in [0.717, 1.165) is 6.07 Å². The summed E-state index contributed by atoms with van der Waals surface area (Å²) in [5.74, 6) is -1.78. The Morgan fingerprint density at radius 3 is 2.50 bits per heavy atom. The van der Waals surface area contributed by atoms with E-state index in [4.69, 9.17) is 5.11 Å². The molecule has 0 aliphatic heterocycles. The van der Waals surface area contributed by atoms with Crippen LogP contribution in [0.25, 0.3) is 0 Å². The minimum Gasteiger partial charge on any atom is -0.477 e. The highest BCUT2D eigenvalue weighted by atomic mass is 127. The first-order valence-corrected chi connectivity index (χ1v) is 4.95. The molecule has 1 aromatic heterocycles. The number of halogens is 4. The fraction of sp³-hybridized carbons (Fsp3) is 0.250. The van der Waals surface area contributed by atoms with Gasteiger partial charge in [0.25, 0.3) is 0 Å². The van der Waals surface area contributed by atoms with Gasteiger partial charge in [-0.25, -0.2) is 9.78 Å². The molecule has 0 aromatic carbocycles. The molecule has 4 nitrogen and oxygen atoms in total. The van der Waals surface area contributed by atoms with Crippen molar-refractivity contribution in [2.45, 2.75) is 13.3 Å². The molecule has 0 unspecified atom stereocenters. The third kappa shape index (κ3) is 3.22. The molecule has 1 rings (SSSR count). The SMILES string of the molecule is Cc1cc(C(=O)O)nc(I)c1OC(F)(F)F. The second kappa shape index (κ2) is 4.44. The number of pyridine rings is 1. The number of aromatic carboxylic acids is 1. The molecule has 0 spiro atoms. The summed E-state index contributed by atoms with van der Waals surface area (Å²) in [6, 6.07) is 1.02. The number of rotatable bonds is 2. The molecule has 0 atom stereocenters. The van der Waals surface area contributed by atoms with E-state index in [2.05, 4.69) is 9.72 Å². The highest BCUT2D eigenvalue weighted by molar-refractivity contribution is 14.1. The maximum atomic E-state index is 12.0. The molecule has 1 N–H and O–H groups in total. The number of ether oxygens (including phenoxy) is 1. The first-order valence-electron chi connectivity index (χ1n) is 3.87. The van der Waals surface area contributed by atoms with Gasteiger partial charge in [0.15, 0.2) is 5.75 Å². The maximum Gasteiger partial charge on any atom is 0.573 e. The van der Waals surface area contributed by atoms with E-state index in [0.29, 0.717) is 0 Å². The Morgan fingerprint density at radius 2 is 2.12 bits per heavy atom. The van der Waals surface area contributed by atoms with Gasteiger partial charge < -0.3 is 9.84 Å². The van der Waals surface area contributed by atoms with Gasteiger partial charge in [-0.1, -0.05) is 0 Å². The van der Waals surface area contributed by atoms with E-state index < -0.39 is 18.1 Å². The zero-order valence-corrected chi connectivity index (χ0v) is 9.96. The summed E-state index contributed by atoms with van der Waals surface area (Å²) in [4.78, 5) is 14.1. The predicted molar refractivity (Wildman–Crippen MR) is 55.3 cm³/mol. The first-order chi connectivity index (χ1) is 7.20. The lowest BCUT2D eigenvalue weighted by atomic mass is 10.2. The lowest BCUT2D eigenvalue weighted by Crippen LogP contribution is -2.19. The summed E-state index contributed by atoms with van der Waals surface area (Å²) in [5.41, 5.74) is -0.259. The van der Waals surface area contributed by atoms with Crippen molar-refractivity contribution in [2.24, 2.45) is 0 Å². The standard InChI is InChI=1S/C8H5F3INO3/c1-3-2-4(7(14)15)13-6(12)5(3)16-8(9,10)11/h2H,1H3,(H,14,15). The molecule has 16 heavy (non-hydrogen) atoms. The molecule has 0 aliphatic rings. The molecule has 1 heterocycles. The van der Waals surface area contributed by atoms with Gasteiger partial charge in [0, 0.05) is 0 Å². The van der Waals surface area contributed by atoms with Gasteiger partial charge in [-0.15, -0.1) is 13.2 Å². The maximum absolute atomic E-state index is 12.0. The summed E-state index contributed by atoms with van der Waals surface area (Å²) < 4.78 is 39.6. The van der Waals surface area contributed by atoms with E-state index in [1.165, 1.54) is 29.5 Å². The minimum absolute atomic E-state index is 0.0640. The van der Waals surface area contributed by atoms with Crippen molar-refractivity contribution in [3.05, 3.63) is 21.0 Å².